The van der Waals surface area contributed by atoms with E-state index in [1.54, 1.807) is 12.1 Å². The van der Waals surface area contributed by atoms with Gasteiger partial charge in [0.15, 0.2) is 0 Å². The molecule has 1 atom stereocenters. The second-order valence-corrected chi connectivity index (χ2v) is 5.22. The summed E-state index contributed by atoms with van der Waals surface area (Å²) in [5.41, 5.74) is 1.04. The molecule has 1 aliphatic rings. The monoisotopic (exact) mass is 268 g/mol. The summed E-state index contributed by atoms with van der Waals surface area (Å²) in [7, 11) is 0. The molecule has 0 radical (unpaired) electrons. The number of benzene rings is 1. The fraction of sp³-hybridized carbons (Fsp3) is 0.600. The van der Waals surface area contributed by atoms with E-state index in [0.29, 0.717) is 12.5 Å². The van der Waals surface area contributed by atoms with E-state index in [9.17, 15) is 8.78 Å². The molecule has 1 saturated heterocycles. The standard InChI is InChI=1S/C15H22F2N2/c1-2-19-7-6-13(11-19)10-18-9-12-4-3-5-14(8-12)15(16)17/h3-5,8,13,15,18H,2,6-7,9-11H2,1H3. The summed E-state index contributed by atoms with van der Waals surface area (Å²) in [6.07, 6.45) is -1.15. The molecular formula is C15H22F2N2. The summed E-state index contributed by atoms with van der Waals surface area (Å²) in [5, 5.41) is 3.38. The molecule has 1 aromatic rings. The van der Waals surface area contributed by atoms with Crippen LogP contribution < -0.4 is 5.32 Å². The largest absolute Gasteiger partial charge is 0.312 e. The topological polar surface area (TPSA) is 15.3 Å². The van der Waals surface area contributed by atoms with Crippen molar-refractivity contribution in [1.82, 2.24) is 10.2 Å². The third-order valence-electron chi connectivity index (χ3n) is 3.78. The summed E-state index contributed by atoms with van der Waals surface area (Å²) in [6, 6.07) is 6.66. The first-order valence-electron chi connectivity index (χ1n) is 6.99. The van der Waals surface area contributed by atoms with Gasteiger partial charge in [0.25, 0.3) is 6.43 Å². The van der Waals surface area contributed by atoms with Crippen molar-refractivity contribution in [3.05, 3.63) is 35.4 Å². The zero-order chi connectivity index (χ0) is 13.7. The lowest BCUT2D eigenvalue weighted by atomic mass is 10.1. The highest BCUT2D eigenvalue weighted by molar-refractivity contribution is 5.24. The molecule has 4 heteroatoms. The number of halogens is 2. The van der Waals surface area contributed by atoms with Crippen LogP contribution in [0.15, 0.2) is 24.3 Å². The minimum Gasteiger partial charge on any atom is -0.312 e. The van der Waals surface area contributed by atoms with Gasteiger partial charge in [0, 0.05) is 18.7 Å². The predicted molar refractivity (Wildman–Crippen MR) is 73.3 cm³/mol. The minimum absolute atomic E-state index is 0.109. The van der Waals surface area contributed by atoms with Crippen molar-refractivity contribution in [3.8, 4) is 0 Å². The molecule has 1 unspecified atom stereocenters. The first-order valence-corrected chi connectivity index (χ1v) is 6.99. The van der Waals surface area contributed by atoms with E-state index in [-0.39, 0.29) is 5.56 Å². The smallest absolute Gasteiger partial charge is 0.263 e. The summed E-state index contributed by atoms with van der Waals surface area (Å²) in [6.45, 7) is 7.28. The normalized spacial score (nSPS) is 20.3. The Balaban J connectivity index is 1.75. The Morgan fingerprint density at radius 2 is 2.26 bits per heavy atom. The maximum absolute atomic E-state index is 12.6. The van der Waals surface area contributed by atoms with Crippen LogP contribution in [0.4, 0.5) is 8.78 Å². The molecule has 1 aliphatic heterocycles. The van der Waals surface area contributed by atoms with Crippen LogP contribution in [0.25, 0.3) is 0 Å². The van der Waals surface area contributed by atoms with Crippen LogP contribution >= 0.6 is 0 Å². The lowest BCUT2D eigenvalue weighted by Gasteiger charge is -2.14. The highest BCUT2D eigenvalue weighted by atomic mass is 19.3. The van der Waals surface area contributed by atoms with Gasteiger partial charge in [0.05, 0.1) is 0 Å². The first kappa shape index (κ1) is 14.4. The molecule has 0 aliphatic carbocycles. The fourth-order valence-electron chi connectivity index (χ4n) is 2.63. The summed E-state index contributed by atoms with van der Waals surface area (Å²) in [4.78, 5) is 2.45. The molecule has 2 nitrogen and oxygen atoms in total. The van der Waals surface area contributed by atoms with Gasteiger partial charge in [-0.05, 0) is 43.6 Å². The fourth-order valence-corrected chi connectivity index (χ4v) is 2.63. The average Bonchev–Trinajstić information content (AvgIpc) is 2.87. The molecule has 106 valence electrons. The van der Waals surface area contributed by atoms with E-state index in [2.05, 4.69) is 17.1 Å². The third-order valence-corrected chi connectivity index (χ3v) is 3.78. The van der Waals surface area contributed by atoms with Gasteiger partial charge in [-0.25, -0.2) is 8.78 Å². The number of alkyl halides is 2. The Bertz CT molecular complexity index is 395. The lowest BCUT2D eigenvalue weighted by Crippen LogP contribution is -2.26. The van der Waals surface area contributed by atoms with E-state index in [1.165, 1.54) is 19.0 Å². The number of hydrogen-bond donors (Lipinski definition) is 1. The summed E-state index contributed by atoms with van der Waals surface area (Å²) < 4.78 is 25.1. The van der Waals surface area contributed by atoms with Crippen molar-refractivity contribution < 1.29 is 8.78 Å². The van der Waals surface area contributed by atoms with E-state index < -0.39 is 6.43 Å². The van der Waals surface area contributed by atoms with Crippen LogP contribution in [0.3, 0.4) is 0 Å². The van der Waals surface area contributed by atoms with Crippen LogP contribution in [0.2, 0.25) is 0 Å². The Hall–Kier alpha value is -1.00. The molecule has 2 rings (SSSR count). The van der Waals surface area contributed by atoms with Gasteiger partial charge >= 0.3 is 0 Å². The maximum Gasteiger partial charge on any atom is 0.263 e. The zero-order valence-electron chi connectivity index (χ0n) is 11.4. The first-order chi connectivity index (χ1) is 9.19. The van der Waals surface area contributed by atoms with Crippen LogP contribution in [-0.2, 0) is 6.54 Å². The highest BCUT2D eigenvalue weighted by Gasteiger charge is 2.20. The van der Waals surface area contributed by atoms with Crippen molar-refractivity contribution >= 4 is 0 Å². The molecule has 1 aromatic carbocycles. The van der Waals surface area contributed by atoms with Crippen molar-refractivity contribution in [2.75, 3.05) is 26.2 Å². The SMILES string of the molecule is CCN1CCC(CNCc2cccc(C(F)F)c2)C1. The number of nitrogens with one attached hydrogen (secondary N) is 1. The second kappa shape index (κ2) is 6.96. The molecule has 19 heavy (non-hydrogen) atoms. The highest BCUT2D eigenvalue weighted by Crippen LogP contribution is 2.19. The van der Waals surface area contributed by atoms with Gasteiger partial charge in [0.1, 0.15) is 0 Å². The van der Waals surface area contributed by atoms with E-state index in [4.69, 9.17) is 0 Å². The number of hydrogen-bond acceptors (Lipinski definition) is 2. The van der Waals surface area contributed by atoms with Gasteiger partial charge < -0.3 is 10.2 Å². The molecule has 0 bridgehead atoms. The Labute approximate surface area is 113 Å². The van der Waals surface area contributed by atoms with Gasteiger partial charge in [-0.1, -0.05) is 25.1 Å². The van der Waals surface area contributed by atoms with E-state index >= 15 is 0 Å². The van der Waals surface area contributed by atoms with E-state index in [0.717, 1.165) is 25.2 Å². The van der Waals surface area contributed by atoms with Crippen molar-refractivity contribution in [3.63, 3.8) is 0 Å². The minimum atomic E-state index is -2.38. The van der Waals surface area contributed by atoms with Crippen molar-refractivity contribution in [1.29, 1.82) is 0 Å². The summed E-state index contributed by atoms with van der Waals surface area (Å²) in [5.74, 6) is 0.693. The Morgan fingerprint density at radius 3 is 2.95 bits per heavy atom. The zero-order valence-corrected chi connectivity index (χ0v) is 11.4. The average molecular weight is 268 g/mol. The van der Waals surface area contributed by atoms with E-state index in [1.807, 2.05) is 6.07 Å². The van der Waals surface area contributed by atoms with Gasteiger partial charge in [-0.3, -0.25) is 0 Å². The van der Waals surface area contributed by atoms with Gasteiger partial charge in [-0.15, -0.1) is 0 Å². The quantitative estimate of drug-likeness (QED) is 0.853. The maximum atomic E-state index is 12.6. The van der Waals surface area contributed by atoms with Gasteiger partial charge in [-0.2, -0.15) is 0 Å². The Kier molecular flexibility index (Phi) is 5.28. The van der Waals surface area contributed by atoms with Crippen LogP contribution in [-0.4, -0.2) is 31.1 Å². The molecule has 0 amide bonds. The van der Waals surface area contributed by atoms with Crippen molar-refractivity contribution in [2.45, 2.75) is 26.3 Å². The number of likely N-dealkylation sites (tertiary alicyclic amines) is 1. The number of rotatable bonds is 6. The molecule has 1 fully saturated rings. The van der Waals surface area contributed by atoms with Crippen molar-refractivity contribution in [2.24, 2.45) is 5.92 Å². The molecule has 0 spiro atoms. The molecule has 1 heterocycles. The second-order valence-electron chi connectivity index (χ2n) is 5.22. The van der Waals surface area contributed by atoms with Crippen LogP contribution in [0.5, 0.6) is 0 Å². The molecule has 0 saturated carbocycles. The molecular weight excluding hydrogens is 246 g/mol. The molecule has 1 N–H and O–H groups in total. The Morgan fingerprint density at radius 1 is 1.42 bits per heavy atom. The third kappa shape index (κ3) is 4.25. The van der Waals surface area contributed by atoms with Crippen LogP contribution in [0.1, 0.15) is 30.9 Å². The number of nitrogens with zero attached hydrogens (tertiary/aromatic N) is 1. The lowest BCUT2D eigenvalue weighted by molar-refractivity contribution is 0.151. The predicted octanol–water partition coefficient (Wildman–Crippen LogP) is 3.06. The molecule has 0 aromatic heterocycles. The summed E-state index contributed by atoms with van der Waals surface area (Å²) >= 11 is 0. The van der Waals surface area contributed by atoms with Crippen LogP contribution in [0, 0.1) is 5.92 Å². The van der Waals surface area contributed by atoms with Gasteiger partial charge in [0.2, 0.25) is 0 Å².